The highest BCUT2D eigenvalue weighted by Crippen LogP contribution is 2.50. The zero-order chi connectivity index (χ0) is 18.3. The lowest BCUT2D eigenvalue weighted by atomic mass is 9.64. The Morgan fingerprint density at radius 3 is 2.12 bits per heavy atom. The number of benzene rings is 2. The molecule has 2 atom stereocenters. The van der Waals surface area contributed by atoms with E-state index in [1.807, 2.05) is 37.3 Å². The Balaban J connectivity index is 2.12. The monoisotopic (exact) mass is 355 g/mol. The van der Waals surface area contributed by atoms with E-state index in [4.69, 9.17) is 10.5 Å². The van der Waals surface area contributed by atoms with Crippen molar-refractivity contribution in [3.8, 4) is 5.75 Å². The maximum Gasteiger partial charge on any atom is 0.276 e. The summed E-state index contributed by atoms with van der Waals surface area (Å²) >= 11 is 1.65. The number of para-hydroxylation sites is 1. The first-order valence-electron chi connectivity index (χ1n) is 8.39. The highest BCUT2D eigenvalue weighted by molar-refractivity contribution is 7.19. The van der Waals surface area contributed by atoms with Crippen LogP contribution in [0.15, 0.2) is 60.7 Å². The Morgan fingerprint density at radius 2 is 1.52 bits per heavy atom. The first-order valence-corrected chi connectivity index (χ1v) is 9.21. The topological polar surface area (TPSA) is 55.5 Å². The summed E-state index contributed by atoms with van der Waals surface area (Å²) in [5.74, 6) is -1.32. The number of nitrogens with two attached hydrogens (primary N) is 1. The lowest BCUT2D eigenvalue weighted by Crippen LogP contribution is -2.65. The molecule has 1 aromatic heterocycles. The molecule has 0 radical (unpaired) electrons. The van der Waals surface area contributed by atoms with Crippen molar-refractivity contribution in [1.82, 2.24) is 0 Å². The third-order valence-corrected chi connectivity index (χ3v) is 6.49. The Labute approximate surface area is 153 Å². The van der Waals surface area contributed by atoms with Gasteiger partial charge in [0.2, 0.25) is 0 Å². The van der Waals surface area contributed by atoms with Gasteiger partial charge in [-0.2, -0.15) is 0 Å². The van der Waals surface area contributed by atoms with E-state index >= 15 is 0 Å². The van der Waals surface area contributed by atoms with Crippen molar-refractivity contribution in [3.63, 3.8) is 0 Å². The summed E-state index contributed by atoms with van der Waals surface area (Å²) in [6.45, 7) is 8.19. The number of hydrogen-bond donors (Lipinski definition) is 2. The summed E-state index contributed by atoms with van der Waals surface area (Å²) in [5, 5.41) is 12.4. The summed E-state index contributed by atoms with van der Waals surface area (Å²) in [4.78, 5) is 1.00. The van der Waals surface area contributed by atoms with Crippen molar-refractivity contribution in [2.45, 2.75) is 39.0 Å². The van der Waals surface area contributed by atoms with Crippen LogP contribution in [0.3, 0.4) is 0 Å². The van der Waals surface area contributed by atoms with E-state index < -0.39 is 11.3 Å². The highest BCUT2D eigenvalue weighted by atomic mass is 32.1. The van der Waals surface area contributed by atoms with Gasteiger partial charge in [-0.1, -0.05) is 57.2 Å². The van der Waals surface area contributed by atoms with Gasteiger partial charge >= 0.3 is 0 Å². The summed E-state index contributed by atoms with van der Waals surface area (Å²) in [5.41, 5.74) is 5.25. The molecule has 0 aliphatic carbocycles. The molecule has 0 bridgehead atoms. The molecule has 3 nitrogen and oxygen atoms in total. The van der Waals surface area contributed by atoms with Crippen molar-refractivity contribution in [2.24, 2.45) is 11.1 Å². The summed E-state index contributed by atoms with van der Waals surface area (Å²) in [6, 6.07) is 19.5. The van der Waals surface area contributed by atoms with Gasteiger partial charge in [0.05, 0.1) is 5.41 Å². The van der Waals surface area contributed by atoms with E-state index in [-0.39, 0.29) is 5.41 Å². The van der Waals surface area contributed by atoms with Gasteiger partial charge in [-0.15, -0.1) is 11.3 Å². The van der Waals surface area contributed by atoms with E-state index in [1.54, 1.807) is 23.5 Å². The minimum atomic E-state index is -1.87. The molecule has 0 saturated carbocycles. The zero-order valence-corrected chi connectivity index (χ0v) is 15.9. The number of hydrogen-bond acceptors (Lipinski definition) is 4. The number of fused-ring (bicyclic) bond motifs is 1. The van der Waals surface area contributed by atoms with Gasteiger partial charge in [-0.05, 0) is 42.0 Å². The summed E-state index contributed by atoms with van der Waals surface area (Å²) in [6.07, 6.45) is 0. The van der Waals surface area contributed by atoms with Crippen LogP contribution in [0.5, 0.6) is 5.75 Å². The Morgan fingerprint density at radius 1 is 0.920 bits per heavy atom. The molecule has 4 heteroatoms. The average molecular weight is 356 g/mol. The SMILES string of the molecule is CC(C)(C)C(C)(c1cc2ccccc2s1)C(N)(O)Oc1ccccc1. The summed E-state index contributed by atoms with van der Waals surface area (Å²) < 4.78 is 7.05. The highest BCUT2D eigenvalue weighted by Gasteiger charge is 2.56. The number of aliphatic hydroxyl groups is 1. The predicted molar refractivity (Wildman–Crippen MR) is 105 cm³/mol. The van der Waals surface area contributed by atoms with E-state index in [0.29, 0.717) is 5.75 Å². The molecular weight excluding hydrogens is 330 g/mol. The smallest absolute Gasteiger partial charge is 0.276 e. The van der Waals surface area contributed by atoms with Gasteiger partial charge in [0, 0.05) is 9.58 Å². The Kier molecular flexibility index (Phi) is 4.40. The molecule has 25 heavy (non-hydrogen) atoms. The molecule has 132 valence electrons. The van der Waals surface area contributed by atoms with Gasteiger partial charge in [-0.25, -0.2) is 0 Å². The van der Waals surface area contributed by atoms with Gasteiger partial charge < -0.3 is 9.84 Å². The van der Waals surface area contributed by atoms with Crippen LogP contribution in [0.1, 0.15) is 32.6 Å². The third kappa shape index (κ3) is 3.06. The molecule has 2 aromatic carbocycles. The van der Waals surface area contributed by atoms with E-state index in [2.05, 4.69) is 39.0 Å². The average Bonchev–Trinajstić information content (AvgIpc) is 2.97. The van der Waals surface area contributed by atoms with E-state index in [9.17, 15) is 5.11 Å². The second-order valence-electron chi connectivity index (χ2n) is 7.64. The lowest BCUT2D eigenvalue weighted by Gasteiger charge is -2.49. The Bertz CT molecular complexity index is 831. The fourth-order valence-corrected chi connectivity index (χ4v) is 4.55. The molecule has 0 aliphatic heterocycles. The first kappa shape index (κ1) is 17.9. The molecule has 0 amide bonds. The van der Waals surface area contributed by atoms with Crippen molar-refractivity contribution in [1.29, 1.82) is 0 Å². The van der Waals surface area contributed by atoms with Gasteiger partial charge in [0.1, 0.15) is 5.75 Å². The first-order chi connectivity index (χ1) is 11.6. The van der Waals surface area contributed by atoms with Crippen LogP contribution < -0.4 is 10.5 Å². The molecule has 3 rings (SSSR count). The van der Waals surface area contributed by atoms with Crippen molar-refractivity contribution >= 4 is 21.4 Å². The maximum atomic E-state index is 11.3. The largest absolute Gasteiger partial charge is 0.448 e. The normalized spacial score (nSPS) is 17.0. The van der Waals surface area contributed by atoms with E-state index in [0.717, 1.165) is 10.3 Å². The molecule has 0 saturated heterocycles. The molecule has 0 spiro atoms. The van der Waals surface area contributed by atoms with Crippen LogP contribution in [0.2, 0.25) is 0 Å². The zero-order valence-electron chi connectivity index (χ0n) is 15.1. The molecule has 3 aromatic rings. The van der Waals surface area contributed by atoms with Crippen LogP contribution in [0.4, 0.5) is 0 Å². The molecule has 0 fully saturated rings. The van der Waals surface area contributed by atoms with Gasteiger partial charge in [-0.3, -0.25) is 5.73 Å². The maximum absolute atomic E-state index is 11.3. The number of ether oxygens (including phenoxy) is 1. The minimum absolute atomic E-state index is 0.341. The van der Waals surface area contributed by atoms with Crippen LogP contribution in [0.25, 0.3) is 10.1 Å². The van der Waals surface area contributed by atoms with Crippen molar-refractivity contribution < 1.29 is 9.84 Å². The molecule has 2 unspecified atom stereocenters. The fourth-order valence-electron chi connectivity index (χ4n) is 3.08. The van der Waals surface area contributed by atoms with Gasteiger partial charge in [0.15, 0.2) is 0 Å². The Hall–Kier alpha value is -1.88. The predicted octanol–water partition coefficient (Wildman–Crippen LogP) is 4.89. The minimum Gasteiger partial charge on any atom is -0.448 e. The van der Waals surface area contributed by atoms with E-state index in [1.165, 1.54) is 4.70 Å². The molecule has 0 aliphatic rings. The van der Waals surface area contributed by atoms with Crippen LogP contribution in [0, 0.1) is 5.41 Å². The number of rotatable bonds is 4. The third-order valence-electron chi connectivity index (χ3n) is 5.15. The molecule has 1 heterocycles. The summed E-state index contributed by atoms with van der Waals surface area (Å²) in [7, 11) is 0. The van der Waals surface area contributed by atoms with Crippen molar-refractivity contribution in [3.05, 3.63) is 65.5 Å². The quantitative estimate of drug-likeness (QED) is 0.655. The standard InChI is InChI=1S/C21H25NO2S/c1-19(2,3)20(4,18-14-15-10-8-9-13-17(15)25-18)21(22,23)24-16-11-6-5-7-12-16/h5-14,23H,22H2,1-4H3. The molecule has 3 N–H and O–H groups in total. The molecular formula is C21H25NO2S. The van der Waals surface area contributed by atoms with Gasteiger partial charge in [0.25, 0.3) is 5.91 Å². The van der Waals surface area contributed by atoms with Crippen LogP contribution in [-0.4, -0.2) is 11.0 Å². The second-order valence-corrected chi connectivity index (χ2v) is 8.72. The van der Waals surface area contributed by atoms with Crippen molar-refractivity contribution in [2.75, 3.05) is 0 Å². The fraction of sp³-hybridized carbons (Fsp3) is 0.333. The van der Waals surface area contributed by atoms with Crippen LogP contribution in [-0.2, 0) is 5.41 Å². The van der Waals surface area contributed by atoms with Crippen LogP contribution >= 0.6 is 11.3 Å². The lowest BCUT2D eigenvalue weighted by molar-refractivity contribution is -0.209. The second kappa shape index (κ2) is 6.13. The number of thiophene rings is 1.